The Bertz CT molecular complexity index is 762. The third-order valence-corrected chi connectivity index (χ3v) is 4.31. The summed E-state index contributed by atoms with van der Waals surface area (Å²) < 4.78 is 49.5. The first-order chi connectivity index (χ1) is 13.3. The first kappa shape index (κ1) is 22.8. The minimum Gasteiger partial charge on any atom is -0.464 e. The molecule has 7 nitrogen and oxygen atoms in total. The highest BCUT2D eigenvalue weighted by Gasteiger charge is 2.36. The number of nitrogens with zero attached hydrogens (tertiary/aromatic N) is 3. The molecule has 162 valence electrons. The number of pyridine rings is 1. The van der Waals surface area contributed by atoms with Crippen LogP contribution in [0.1, 0.15) is 38.8 Å². The van der Waals surface area contributed by atoms with Gasteiger partial charge in [0.15, 0.2) is 0 Å². The summed E-state index contributed by atoms with van der Waals surface area (Å²) >= 11 is 0. The van der Waals surface area contributed by atoms with Gasteiger partial charge in [-0.3, -0.25) is 4.79 Å². The van der Waals surface area contributed by atoms with Gasteiger partial charge in [0, 0.05) is 32.8 Å². The number of carbonyl (C=O) groups is 2. The molecular formula is C19H26F3N3O4. The Morgan fingerprint density at radius 3 is 2.41 bits per heavy atom. The summed E-state index contributed by atoms with van der Waals surface area (Å²) in [5.41, 5.74) is -1.42. The van der Waals surface area contributed by atoms with Crippen LogP contribution >= 0.6 is 0 Å². The predicted molar refractivity (Wildman–Crippen MR) is 99.6 cm³/mol. The number of piperazine rings is 1. The van der Waals surface area contributed by atoms with Gasteiger partial charge in [-0.05, 0) is 39.3 Å². The van der Waals surface area contributed by atoms with Crippen LogP contribution in [-0.4, -0.2) is 59.8 Å². The number of rotatable bonds is 3. The average molecular weight is 417 g/mol. The van der Waals surface area contributed by atoms with Gasteiger partial charge in [0.2, 0.25) is 0 Å². The van der Waals surface area contributed by atoms with Crippen molar-refractivity contribution in [3.63, 3.8) is 0 Å². The van der Waals surface area contributed by atoms with E-state index in [-0.39, 0.29) is 18.7 Å². The van der Waals surface area contributed by atoms with E-state index in [0.717, 1.165) is 6.20 Å². The number of aromatic nitrogens is 1. The minimum absolute atomic E-state index is 0.0314. The van der Waals surface area contributed by atoms with Crippen molar-refractivity contribution in [1.82, 2.24) is 9.88 Å². The third-order valence-electron chi connectivity index (χ3n) is 4.31. The van der Waals surface area contributed by atoms with Gasteiger partial charge in [-0.2, -0.15) is 13.2 Å². The van der Waals surface area contributed by atoms with Crippen LogP contribution in [0.3, 0.4) is 0 Å². The van der Waals surface area contributed by atoms with Crippen LogP contribution in [0.25, 0.3) is 0 Å². The van der Waals surface area contributed by atoms with Crippen molar-refractivity contribution in [2.75, 3.05) is 31.1 Å². The molecule has 0 aliphatic carbocycles. The Balaban J connectivity index is 2.23. The van der Waals surface area contributed by atoms with E-state index in [4.69, 9.17) is 9.47 Å². The summed E-state index contributed by atoms with van der Waals surface area (Å²) in [7, 11) is 0. The molecule has 0 bridgehead atoms. The van der Waals surface area contributed by atoms with E-state index in [1.54, 1.807) is 25.7 Å². The summed E-state index contributed by atoms with van der Waals surface area (Å²) in [4.78, 5) is 30.8. The van der Waals surface area contributed by atoms with Crippen LogP contribution < -0.4 is 4.90 Å². The molecule has 1 aliphatic heterocycles. The topological polar surface area (TPSA) is 72.0 Å². The van der Waals surface area contributed by atoms with E-state index < -0.39 is 35.4 Å². The van der Waals surface area contributed by atoms with E-state index in [9.17, 15) is 22.8 Å². The molecule has 2 heterocycles. The number of ether oxygens (including phenoxy) is 2. The van der Waals surface area contributed by atoms with Gasteiger partial charge in [-0.25, -0.2) is 9.78 Å². The number of carbonyl (C=O) groups excluding carboxylic acids is 2. The standard InChI is InChI=1S/C19H26F3N3O4/c1-12-8-16(23-9-15(12)19(20,21)22)25-7-6-24(17(27)29-18(3,4)5)10-14(25)11-28-13(2)26/h8-9,14H,6-7,10-11H2,1-5H3/t14-/m1/s1. The molecule has 1 aromatic heterocycles. The van der Waals surface area contributed by atoms with Crippen molar-refractivity contribution in [3.05, 3.63) is 23.4 Å². The number of halogens is 3. The molecule has 1 aliphatic rings. The first-order valence-corrected chi connectivity index (χ1v) is 9.19. The highest BCUT2D eigenvalue weighted by molar-refractivity contribution is 5.69. The molecule has 29 heavy (non-hydrogen) atoms. The van der Waals surface area contributed by atoms with Crippen LogP contribution in [0.5, 0.6) is 0 Å². The SMILES string of the molecule is CC(=O)OC[C@H]1CN(C(=O)OC(C)(C)C)CCN1c1cc(C)c(C(F)(F)F)cn1. The van der Waals surface area contributed by atoms with Crippen molar-refractivity contribution in [3.8, 4) is 0 Å². The van der Waals surface area contributed by atoms with E-state index in [2.05, 4.69) is 4.98 Å². The molecule has 1 fully saturated rings. The lowest BCUT2D eigenvalue weighted by Gasteiger charge is -2.42. The molecular weight excluding hydrogens is 391 g/mol. The maximum atomic E-state index is 13.0. The lowest BCUT2D eigenvalue weighted by atomic mass is 10.1. The Morgan fingerprint density at radius 2 is 1.90 bits per heavy atom. The Morgan fingerprint density at radius 1 is 1.24 bits per heavy atom. The largest absolute Gasteiger partial charge is 0.464 e. The number of hydrogen-bond donors (Lipinski definition) is 0. The number of aryl methyl sites for hydroxylation is 1. The Hall–Kier alpha value is -2.52. The summed E-state index contributed by atoms with van der Waals surface area (Å²) in [5.74, 6) is -0.160. The molecule has 0 spiro atoms. The van der Waals surface area contributed by atoms with E-state index in [0.29, 0.717) is 18.9 Å². The fourth-order valence-corrected chi connectivity index (χ4v) is 3.00. The van der Waals surface area contributed by atoms with Crippen LogP contribution in [0.15, 0.2) is 12.3 Å². The molecule has 1 saturated heterocycles. The first-order valence-electron chi connectivity index (χ1n) is 9.19. The monoisotopic (exact) mass is 417 g/mol. The second-order valence-electron chi connectivity index (χ2n) is 7.93. The van der Waals surface area contributed by atoms with Gasteiger partial charge in [0.25, 0.3) is 0 Å². The summed E-state index contributed by atoms with van der Waals surface area (Å²) in [6.07, 6.45) is -4.18. The molecule has 1 amide bonds. The zero-order valence-electron chi connectivity index (χ0n) is 17.2. The number of alkyl halides is 3. The molecule has 2 rings (SSSR count). The molecule has 0 aromatic carbocycles. The van der Waals surface area contributed by atoms with Gasteiger partial charge in [-0.1, -0.05) is 0 Å². The maximum Gasteiger partial charge on any atom is 0.418 e. The normalized spacial score (nSPS) is 17.9. The number of esters is 1. The number of amides is 1. The predicted octanol–water partition coefficient (Wildman–Crippen LogP) is 3.40. The molecule has 0 unspecified atom stereocenters. The second-order valence-corrected chi connectivity index (χ2v) is 7.93. The zero-order valence-corrected chi connectivity index (χ0v) is 17.2. The molecule has 0 radical (unpaired) electrons. The van der Waals surface area contributed by atoms with Gasteiger partial charge < -0.3 is 19.3 Å². The van der Waals surface area contributed by atoms with Crippen LogP contribution in [0.4, 0.5) is 23.8 Å². The van der Waals surface area contributed by atoms with Gasteiger partial charge in [0.05, 0.1) is 11.6 Å². The van der Waals surface area contributed by atoms with Crippen molar-refractivity contribution in [1.29, 1.82) is 0 Å². The van der Waals surface area contributed by atoms with Gasteiger partial charge >= 0.3 is 18.2 Å². The fourth-order valence-electron chi connectivity index (χ4n) is 3.00. The molecule has 1 atom stereocenters. The average Bonchev–Trinajstić information content (AvgIpc) is 2.57. The summed E-state index contributed by atoms with van der Waals surface area (Å²) in [6, 6.07) is 0.885. The lowest BCUT2D eigenvalue weighted by Crippen LogP contribution is -2.57. The molecule has 10 heteroatoms. The van der Waals surface area contributed by atoms with Crippen LogP contribution in [0, 0.1) is 6.92 Å². The quantitative estimate of drug-likeness (QED) is 0.702. The highest BCUT2D eigenvalue weighted by Crippen LogP contribution is 2.33. The van der Waals surface area contributed by atoms with Crippen molar-refractivity contribution in [2.24, 2.45) is 0 Å². The van der Waals surface area contributed by atoms with Crippen molar-refractivity contribution < 1.29 is 32.2 Å². The van der Waals surface area contributed by atoms with E-state index in [1.165, 1.54) is 24.8 Å². The summed E-state index contributed by atoms with van der Waals surface area (Å²) in [5, 5.41) is 0. The Kier molecular flexibility index (Phi) is 6.64. The van der Waals surface area contributed by atoms with Gasteiger partial charge in [0.1, 0.15) is 18.0 Å². The minimum atomic E-state index is -4.48. The molecule has 1 aromatic rings. The fraction of sp³-hybridized carbons (Fsp3) is 0.632. The van der Waals surface area contributed by atoms with Crippen LogP contribution in [-0.2, 0) is 20.4 Å². The van der Waals surface area contributed by atoms with Gasteiger partial charge in [-0.15, -0.1) is 0 Å². The van der Waals surface area contributed by atoms with Crippen molar-refractivity contribution in [2.45, 2.75) is 52.4 Å². The lowest BCUT2D eigenvalue weighted by molar-refractivity contribution is -0.142. The zero-order chi connectivity index (χ0) is 22.0. The third kappa shape index (κ3) is 6.23. The van der Waals surface area contributed by atoms with Crippen LogP contribution in [0.2, 0.25) is 0 Å². The number of hydrogen-bond acceptors (Lipinski definition) is 6. The smallest absolute Gasteiger partial charge is 0.418 e. The van der Waals surface area contributed by atoms with Crippen molar-refractivity contribution >= 4 is 17.9 Å². The Labute approximate surface area is 167 Å². The molecule has 0 N–H and O–H groups in total. The highest BCUT2D eigenvalue weighted by atomic mass is 19.4. The second kappa shape index (κ2) is 8.46. The number of anilines is 1. The molecule has 0 saturated carbocycles. The van der Waals surface area contributed by atoms with E-state index in [1.807, 2.05) is 0 Å². The van der Waals surface area contributed by atoms with E-state index >= 15 is 0 Å². The summed E-state index contributed by atoms with van der Waals surface area (Å²) in [6.45, 7) is 8.66. The maximum absolute atomic E-state index is 13.0.